The highest BCUT2D eigenvalue weighted by molar-refractivity contribution is 6.33. The summed E-state index contributed by atoms with van der Waals surface area (Å²) in [6.07, 6.45) is 0. The molecule has 6 nitrogen and oxygen atoms in total. The Balaban J connectivity index is 1.98. The lowest BCUT2D eigenvalue weighted by molar-refractivity contribution is -0.115. The van der Waals surface area contributed by atoms with Gasteiger partial charge in [0.2, 0.25) is 5.91 Å². The highest BCUT2D eigenvalue weighted by Gasteiger charge is 2.16. The zero-order valence-corrected chi connectivity index (χ0v) is 14.3. The van der Waals surface area contributed by atoms with Crippen molar-refractivity contribution in [2.75, 3.05) is 26.1 Å². The lowest BCUT2D eigenvalue weighted by atomic mass is 10.2. The molecule has 2 aromatic rings. The van der Waals surface area contributed by atoms with E-state index in [2.05, 4.69) is 10.6 Å². The Labute approximate surface area is 148 Å². The number of ether oxygens (including phenoxy) is 2. The summed E-state index contributed by atoms with van der Waals surface area (Å²) in [5.41, 5.74) is 0.156. The van der Waals surface area contributed by atoms with Gasteiger partial charge in [0.1, 0.15) is 5.82 Å². The normalized spacial score (nSPS) is 10.1. The minimum atomic E-state index is -0.773. The van der Waals surface area contributed by atoms with Crippen molar-refractivity contribution in [1.82, 2.24) is 5.32 Å². The minimum absolute atomic E-state index is 0.0298. The number of anilines is 1. The SMILES string of the molecule is COc1ccc(NC(=O)CNC(=O)c2c(F)cccc2Cl)cc1OC. The van der Waals surface area contributed by atoms with Crippen molar-refractivity contribution < 1.29 is 23.5 Å². The molecule has 132 valence electrons. The first-order valence-corrected chi connectivity index (χ1v) is 7.58. The number of benzene rings is 2. The van der Waals surface area contributed by atoms with Gasteiger partial charge in [0.15, 0.2) is 11.5 Å². The molecule has 0 bridgehead atoms. The summed E-state index contributed by atoms with van der Waals surface area (Å²) in [5, 5.41) is 4.88. The number of amides is 2. The van der Waals surface area contributed by atoms with E-state index in [0.717, 1.165) is 6.07 Å². The highest BCUT2D eigenvalue weighted by Crippen LogP contribution is 2.29. The molecule has 0 fully saturated rings. The molecule has 0 saturated heterocycles. The average Bonchev–Trinajstić information content (AvgIpc) is 2.59. The number of halogens is 2. The summed E-state index contributed by atoms with van der Waals surface area (Å²) >= 11 is 5.80. The number of nitrogens with one attached hydrogen (secondary N) is 2. The van der Waals surface area contributed by atoms with Gasteiger partial charge in [-0.05, 0) is 24.3 Å². The summed E-state index contributed by atoms with van der Waals surface area (Å²) in [7, 11) is 2.97. The minimum Gasteiger partial charge on any atom is -0.493 e. The quantitative estimate of drug-likeness (QED) is 0.824. The van der Waals surface area contributed by atoms with Crippen molar-refractivity contribution >= 4 is 29.1 Å². The van der Waals surface area contributed by atoms with E-state index in [4.69, 9.17) is 21.1 Å². The van der Waals surface area contributed by atoms with Gasteiger partial charge in [-0.2, -0.15) is 0 Å². The molecule has 0 aliphatic heterocycles. The first kappa shape index (κ1) is 18.5. The molecule has 0 atom stereocenters. The Morgan fingerprint density at radius 2 is 1.84 bits per heavy atom. The van der Waals surface area contributed by atoms with Crippen molar-refractivity contribution in [2.45, 2.75) is 0 Å². The second kappa shape index (κ2) is 8.34. The molecule has 2 N–H and O–H groups in total. The van der Waals surface area contributed by atoms with Crippen LogP contribution in [-0.2, 0) is 4.79 Å². The smallest absolute Gasteiger partial charge is 0.256 e. The van der Waals surface area contributed by atoms with Crippen LogP contribution in [0.2, 0.25) is 5.02 Å². The molecule has 2 aromatic carbocycles. The maximum absolute atomic E-state index is 13.7. The maximum atomic E-state index is 13.7. The number of hydrogen-bond acceptors (Lipinski definition) is 4. The van der Waals surface area contributed by atoms with Crippen LogP contribution < -0.4 is 20.1 Å². The summed E-state index contributed by atoms with van der Waals surface area (Å²) in [6.45, 7) is -0.349. The van der Waals surface area contributed by atoms with Gasteiger partial charge in [0.25, 0.3) is 5.91 Å². The molecule has 25 heavy (non-hydrogen) atoms. The first-order chi connectivity index (χ1) is 12.0. The molecular formula is C17H16ClFN2O4. The van der Waals surface area contributed by atoms with Gasteiger partial charge in [-0.1, -0.05) is 17.7 Å². The van der Waals surface area contributed by atoms with Crippen molar-refractivity contribution in [3.05, 3.63) is 52.8 Å². The Bertz CT molecular complexity index is 778. The fourth-order valence-corrected chi connectivity index (χ4v) is 2.33. The topological polar surface area (TPSA) is 76.7 Å². The number of carbonyl (C=O) groups is 2. The van der Waals surface area contributed by atoms with Crippen LogP contribution in [0, 0.1) is 5.82 Å². The molecule has 2 rings (SSSR count). The van der Waals surface area contributed by atoms with Crippen LogP contribution in [0.4, 0.5) is 10.1 Å². The van der Waals surface area contributed by atoms with Crippen LogP contribution in [-0.4, -0.2) is 32.6 Å². The molecule has 0 aliphatic carbocycles. The predicted molar refractivity (Wildman–Crippen MR) is 91.9 cm³/mol. The van der Waals surface area contributed by atoms with Crippen LogP contribution >= 0.6 is 11.6 Å². The lowest BCUT2D eigenvalue weighted by Crippen LogP contribution is -2.33. The maximum Gasteiger partial charge on any atom is 0.256 e. The van der Waals surface area contributed by atoms with Gasteiger partial charge in [-0.15, -0.1) is 0 Å². The molecule has 0 radical (unpaired) electrons. The standard InChI is InChI=1S/C17H16ClFN2O4/c1-24-13-7-6-10(8-14(13)25-2)21-15(22)9-20-17(23)16-11(18)4-3-5-12(16)19/h3-8H,9H2,1-2H3,(H,20,23)(H,21,22). The van der Waals surface area contributed by atoms with Crippen LogP contribution in [0.15, 0.2) is 36.4 Å². The Morgan fingerprint density at radius 1 is 1.12 bits per heavy atom. The third-order valence-electron chi connectivity index (χ3n) is 3.27. The summed E-state index contributed by atoms with van der Waals surface area (Å²) in [6, 6.07) is 8.72. The van der Waals surface area contributed by atoms with Gasteiger partial charge in [0.05, 0.1) is 31.4 Å². The van der Waals surface area contributed by atoms with Gasteiger partial charge in [-0.25, -0.2) is 4.39 Å². The number of carbonyl (C=O) groups excluding carboxylic acids is 2. The molecule has 0 unspecified atom stereocenters. The number of methoxy groups -OCH3 is 2. The number of hydrogen-bond donors (Lipinski definition) is 2. The molecule has 8 heteroatoms. The zero-order chi connectivity index (χ0) is 18.4. The Morgan fingerprint density at radius 3 is 2.48 bits per heavy atom. The van der Waals surface area contributed by atoms with E-state index in [0.29, 0.717) is 17.2 Å². The lowest BCUT2D eigenvalue weighted by Gasteiger charge is -2.11. The molecule has 0 aromatic heterocycles. The van der Waals surface area contributed by atoms with E-state index < -0.39 is 17.6 Å². The summed E-state index contributed by atoms with van der Waals surface area (Å²) in [4.78, 5) is 23.9. The van der Waals surface area contributed by atoms with E-state index in [1.54, 1.807) is 18.2 Å². The van der Waals surface area contributed by atoms with Gasteiger partial charge in [-0.3, -0.25) is 9.59 Å². The molecule has 0 heterocycles. The van der Waals surface area contributed by atoms with Crippen molar-refractivity contribution in [3.63, 3.8) is 0 Å². The Kier molecular flexibility index (Phi) is 6.19. The first-order valence-electron chi connectivity index (χ1n) is 7.20. The van der Waals surface area contributed by atoms with Crippen molar-refractivity contribution in [1.29, 1.82) is 0 Å². The molecule has 0 aliphatic rings. The van der Waals surface area contributed by atoms with Crippen molar-refractivity contribution in [2.24, 2.45) is 0 Å². The largest absolute Gasteiger partial charge is 0.493 e. The molecule has 0 spiro atoms. The average molecular weight is 367 g/mol. The zero-order valence-electron chi connectivity index (χ0n) is 13.6. The van der Waals surface area contributed by atoms with Crippen LogP contribution in [0.25, 0.3) is 0 Å². The molecule has 2 amide bonds. The highest BCUT2D eigenvalue weighted by atomic mass is 35.5. The van der Waals surface area contributed by atoms with Crippen LogP contribution in [0.3, 0.4) is 0 Å². The van der Waals surface area contributed by atoms with E-state index in [-0.39, 0.29) is 17.1 Å². The second-order valence-electron chi connectivity index (χ2n) is 4.90. The monoisotopic (exact) mass is 366 g/mol. The summed E-state index contributed by atoms with van der Waals surface area (Å²) < 4.78 is 23.9. The third kappa shape index (κ3) is 4.60. The van der Waals surface area contributed by atoms with Crippen molar-refractivity contribution in [3.8, 4) is 11.5 Å². The van der Waals surface area contributed by atoms with E-state index in [1.165, 1.54) is 26.4 Å². The second-order valence-corrected chi connectivity index (χ2v) is 5.30. The van der Waals surface area contributed by atoms with E-state index in [9.17, 15) is 14.0 Å². The Hall–Kier alpha value is -2.80. The molecular weight excluding hydrogens is 351 g/mol. The predicted octanol–water partition coefficient (Wildman–Crippen LogP) is 2.86. The van der Waals surface area contributed by atoms with Gasteiger partial charge < -0.3 is 20.1 Å². The summed E-state index contributed by atoms with van der Waals surface area (Å²) in [5.74, 6) is -1.06. The molecule has 0 saturated carbocycles. The number of rotatable bonds is 6. The van der Waals surface area contributed by atoms with E-state index >= 15 is 0 Å². The van der Waals surface area contributed by atoms with E-state index in [1.807, 2.05) is 0 Å². The van der Waals surface area contributed by atoms with Gasteiger partial charge in [0, 0.05) is 11.8 Å². The third-order valence-corrected chi connectivity index (χ3v) is 3.58. The van der Waals surface area contributed by atoms with Crippen LogP contribution in [0.5, 0.6) is 11.5 Å². The fourth-order valence-electron chi connectivity index (χ4n) is 2.08. The fraction of sp³-hybridized carbons (Fsp3) is 0.176. The van der Waals surface area contributed by atoms with Gasteiger partial charge >= 0.3 is 0 Å². The van der Waals surface area contributed by atoms with Crippen LogP contribution in [0.1, 0.15) is 10.4 Å².